The number of aliphatic hydroxyl groups is 1. The molecule has 3 aromatic carbocycles. The summed E-state index contributed by atoms with van der Waals surface area (Å²) in [5.41, 5.74) is -1.51. The number of anilines is 2. The van der Waals surface area contributed by atoms with Crippen molar-refractivity contribution in [2.75, 3.05) is 35.0 Å². The number of rotatable bonds is 12. The first-order valence-electron chi connectivity index (χ1n) is 14.5. The van der Waals surface area contributed by atoms with Crippen LogP contribution in [0.1, 0.15) is 46.0 Å². The van der Waals surface area contributed by atoms with Crippen LogP contribution in [0.4, 0.5) is 37.7 Å². The molecule has 0 spiro atoms. The third-order valence-corrected chi connectivity index (χ3v) is 9.23. The number of nitrogens with zero attached hydrogens (tertiary/aromatic N) is 1. The van der Waals surface area contributed by atoms with Gasteiger partial charge in [0.05, 0.1) is 34.7 Å². The third kappa shape index (κ3) is 9.13. The van der Waals surface area contributed by atoms with E-state index in [0.29, 0.717) is 36.5 Å². The molecule has 0 radical (unpaired) electrons. The molecule has 15 heteroatoms. The van der Waals surface area contributed by atoms with Gasteiger partial charge < -0.3 is 21.1 Å². The number of nitrogens with one attached hydrogen (secondary N) is 3. The average Bonchev–Trinajstić information content (AvgIpc) is 3.35. The maximum atomic E-state index is 13.5. The number of benzene rings is 3. The maximum Gasteiger partial charge on any atom is 0.416 e. The summed E-state index contributed by atoms with van der Waals surface area (Å²) in [6.45, 7) is 1.88. The smallest absolute Gasteiger partial charge is 0.390 e. The molecule has 1 amide bonds. The number of amides is 1. The summed E-state index contributed by atoms with van der Waals surface area (Å²) in [4.78, 5) is 13.5. The van der Waals surface area contributed by atoms with Crippen molar-refractivity contribution < 1.29 is 44.7 Å². The van der Waals surface area contributed by atoms with Crippen LogP contribution in [0.5, 0.6) is 0 Å². The molecule has 0 bridgehead atoms. The lowest BCUT2D eigenvalue weighted by molar-refractivity contribution is -0.143. The normalized spacial score (nSPS) is 16.2. The summed E-state index contributed by atoms with van der Waals surface area (Å²) in [7, 11) is -3.55. The molecule has 8 nitrogen and oxygen atoms in total. The van der Waals surface area contributed by atoms with Gasteiger partial charge in [0, 0.05) is 37.4 Å². The summed E-state index contributed by atoms with van der Waals surface area (Å²) < 4.78 is 106. The molecule has 46 heavy (non-hydrogen) atoms. The van der Waals surface area contributed by atoms with Gasteiger partial charge in [-0.05, 0) is 67.3 Å². The predicted molar refractivity (Wildman–Crippen MR) is 162 cm³/mol. The zero-order valence-electron chi connectivity index (χ0n) is 24.8. The van der Waals surface area contributed by atoms with Crippen molar-refractivity contribution in [2.45, 2.75) is 50.8 Å². The number of alkyl halides is 6. The summed E-state index contributed by atoms with van der Waals surface area (Å²) in [6.07, 6.45) is -10.7. The minimum absolute atomic E-state index is 0.0175. The molecule has 0 unspecified atom stereocenters. The molecule has 4 rings (SSSR count). The Labute approximate surface area is 262 Å². The lowest BCUT2D eigenvalue weighted by Gasteiger charge is -2.26. The molecule has 1 aliphatic rings. The van der Waals surface area contributed by atoms with E-state index in [9.17, 15) is 44.7 Å². The second kappa shape index (κ2) is 14.3. The van der Waals surface area contributed by atoms with Crippen LogP contribution in [0.2, 0.25) is 0 Å². The maximum absolute atomic E-state index is 13.5. The topological polar surface area (TPSA) is 111 Å². The largest absolute Gasteiger partial charge is 0.416 e. The number of aliphatic hydroxyl groups excluding tert-OH is 1. The molecule has 2 atom stereocenters. The molecule has 0 aliphatic carbocycles. The highest BCUT2D eigenvalue weighted by molar-refractivity contribution is 7.93. The van der Waals surface area contributed by atoms with E-state index in [4.69, 9.17) is 0 Å². The summed E-state index contributed by atoms with van der Waals surface area (Å²) in [6, 6.07) is 13.7. The Kier molecular flexibility index (Phi) is 10.9. The number of carbonyl (C=O) groups excluding carboxylic acids is 1. The fourth-order valence-corrected chi connectivity index (χ4v) is 6.70. The van der Waals surface area contributed by atoms with Crippen molar-refractivity contribution in [1.29, 1.82) is 0 Å². The quantitative estimate of drug-likeness (QED) is 0.197. The van der Waals surface area contributed by atoms with E-state index >= 15 is 0 Å². The highest BCUT2D eigenvalue weighted by Crippen LogP contribution is 2.36. The monoisotopic (exact) mass is 672 g/mol. The van der Waals surface area contributed by atoms with Crippen LogP contribution in [0.3, 0.4) is 0 Å². The second-order valence-electron chi connectivity index (χ2n) is 10.9. The van der Waals surface area contributed by atoms with Crippen LogP contribution in [0.25, 0.3) is 0 Å². The van der Waals surface area contributed by atoms with Crippen molar-refractivity contribution in [3.05, 3.63) is 94.5 Å². The molecule has 1 saturated heterocycles. The number of hydrogen-bond acceptors (Lipinski definition) is 6. The summed E-state index contributed by atoms with van der Waals surface area (Å²) in [5.74, 6) is -0.638. The molecule has 1 heterocycles. The Bertz CT molecular complexity index is 1590. The lowest BCUT2D eigenvalue weighted by atomic mass is 10.00. The number of hydrogen-bond donors (Lipinski definition) is 4. The van der Waals surface area contributed by atoms with Crippen LogP contribution < -0.4 is 20.3 Å². The molecule has 1 fully saturated rings. The molecule has 3 aromatic rings. The number of carbonyl (C=O) groups is 1. The van der Waals surface area contributed by atoms with Crippen molar-refractivity contribution in [3.8, 4) is 0 Å². The van der Waals surface area contributed by atoms with Gasteiger partial charge in [-0.2, -0.15) is 26.3 Å². The van der Waals surface area contributed by atoms with E-state index in [1.54, 1.807) is 42.5 Å². The molecule has 0 aromatic heterocycles. The van der Waals surface area contributed by atoms with Crippen LogP contribution in [-0.2, 0) is 35.3 Å². The Balaban J connectivity index is 1.54. The first-order chi connectivity index (χ1) is 21.6. The highest BCUT2D eigenvalue weighted by Gasteiger charge is 2.37. The van der Waals surface area contributed by atoms with Crippen LogP contribution in [0.15, 0.2) is 66.7 Å². The molecule has 250 valence electrons. The molecule has 0 saturated carbocycles. The highest BCUT2D eigenvalue weighted by atomic mass is 32.2. The van der Waals surface area contributed by atoms with E-state index in [1.165, 1.54) is 10.4 Å². The van der Waals surface area contributed by atoms with E-state index in [0.717, 1.165) is 5.56 Å². The van der Waals surface area contributed by atoms with E-state index in [-0.39, 0.29) is 42.5 Å². The molecular formula is C31H34F6N4O4S. The first kappa shape index (κ1) is 35.0. The zero-order valence-corrected chi connectivity index (χ0v) is 25.6. The fraction of sp³-hybridized carbons (Fsp3) is 0.387. The van der Waals surface area contributed by atoms with Gasteiger partial charge in [0.1, 0.15) is 0 Å². The minimum Gasteiger partial charge on any atom is -0.390 e. The zero-order chi connectivity index (χ0) is 33.7. The van der Waals surface area contributed by atoms with Crippen molar-refractivity contribution >= 4 is 27.3 Å². The van der Waals surface area contributed by atoms with Crippen LogP contribution >= 0.6 is 0 Å². The third-order valence-electron chi connectivity index (χ3n) is 7.36. The minimum atomic E-state index is -5.00. The first-order valence-corrected chi connectivity index (χ1v) is 16.1. The van der Waals surface area contributed by atoms with Crippen LogP contribution in [0, 0.1) is 0 Å². The Hall–Kier alpha value is -3.82. The van der Waals surface area contributed by atoms with Crippen molar-refractivity contribution in [3.63, 3.8) is 0 Å². The van der Waals surface area contributed by atoms with Gasteiger partial charge in [-0.15, -0.1) is 0 Å². The Morgan fingerprint density at radius 3 is 2.15 bits per heavy atom. The fourth-order valence-electron chi connectivity index (χ4n) is 5.15. The predicted octanol–water partition coefficient (Wildman–Crippen LogP) is 5.19. The summed E-state index contributed by atoms with van der Waals surface area (Å²) >= 11 is 0. The lowest BCUT2D eigenvalue weighted by Crippen LogP contribution is -2.48. The average molecular weight is 673 g/mol. The van der Waals surface area contributed by atoms with Gasteiger partial charge in [0.25, 0.3) is 5.91 Å². The van der Waals surface area contributed by atoms with E-state index in [2.05, 4.69) is 16.0 Å². The molecule has 1 aliphatic heterocycles. The molecular weight excluding hydrogens is 638 g/mol. The van der Waals surface area contributed by atoms with E-state index < -0.39 is 58.1 Å². The Morgan fingerprint density at radius 1 is 0.935 bits per heavy atom. The van der Waals surface area contributed by atoms with E-state index in [1.807, 2.05) is 6.92 Å². The number of sulfonamides is 1. The van der Waals surface area contributed by atoms with Crippen LogP contribution in [-0.4, -0.2) is 57.0 Å². The second-order valence-corrected chi connectivity index (χ2v) is 12.9. The van der Waals surface area contributed by atoms with Gasteiger partial charge in [0.15, 0.2) is 0 Å². The molecule has 4 N–H and O–H groups in total. The standard InChI is InChI=1S/C31H34F6N4O4S/c1-2-39-25-14-22(15-26(17-25)41-9-6-10-46(41,44)45)29(43)40-27(13-20-7-4-3-5-8-20)28(42)19-38-18-21-11-23(30(32,33)34)16-24(12-21)31(35,36)37/h3-5,7-8,11-12,14-17,27-28,38-39,42H,2,6,9-10,13,18-19H2,1H3,(H,40,43)/t27-,28+/m0/s1. The Morgan fingerprint density at radius 2 is 1.59 bits per heavy atom. The summed E-state index contributed by atoms with van der Waals surface area (Å²) in [5, 5.41) is 19.7. The SMILES string of the molecule is CCNc1cc(C(=O)N[C@@H](Cc2ccccc2)[C@H](O)CNCc2cc(C(F)(F)F)cc(C(F)(F)F)c2)cc(N2CCCS2(=O)=O)c1. The van der Waals surface area contributed by atoms with Gasteiger partial charge in [-0.25, -0.2) is 8.42 Å². The number of halogens is 6. The van der Waals surface area contributed by atoms with Gasteiger partial charge in [-0.3, -0.25) is 9.10 Å². The van der Waals surface area contributed by atoms with Gasteiger partial charge in [0.2, 0.25) is 10.0 Å². The van der Waals surface area contributed by atoms with Crippen molar-refractivity contribution in [2.24, 2.45) is 0 Å². The van der Waals surface area contributed by atoms with Crippen molar-refractivity contribution in [1.82, 2.24) is 10.6 Å². The van der Waals surface area contributed by atoms with Gasteiger partial charge >= 0.3 is 12.4 Å². The van der Waals surface area contributed by atoms with Gasteiger partial charge in [-0.1, -0.05) is 30.3 Å².